The second-order valence-corrected chi connectivity index (χ2v) is 6.80. The highest BCUT2D eigenvalue weighted by Crippen LogP contribution is 2.30. The van der Waals surface area contributed by atoms with E-state index in [4.69, 9.17) is 33.4 Å². The van der Waals surface area contributed by atoms with E-state index in [1.165, 1.54) is 0 Å². The first-order chi connectivity index (χ1) is 11.5. The lowest BCUT2D eigenvalue weighted by Crippen LogP contribution is -2.42. The van der Waals surface area contributed by atoms with Crippen LogP contribution in [0, 0.1) is 0 Å². The number of amides is 1. The van der Waals surface area contributed by atoms with Crippen LogP contribution in [0.25, 0.3) is 11.3 Å². The summed E-state index contributed by atoms with van der Waals surface area (Å²) in [6, 6.07) is 5.41. The predicted molar refractivity (Wildman–Crippen MR) is 109 cm³/mol. The van der Waals surface area contributed by atoms with Gasteiger partial charge in [-0.2, -0.15) is 0 Å². The van der Waals surface area contributed by atoms with E-state index in [9.17, 15) is 4.79 Å². The number of aryl methyl sites for hydroxylation is 1. The molecule has 1 saturated heterocycles. The van der Waals surface area contributed by atoms with Gasteiger partial charge in [0, 0.05) is 42.6 Å². The average molecular weight is 441 g/mol. The molecule has 26 heavy (non-hydrogen) atoms. The second-order valence-electron chi connectivity index (χ2n) is 5.96. The molecule has 1 fully saturated rings. The van der Waals surface area contributed by atoms with E-state index in [1.54, 1.807) is 24.4 Å². The van der Waals surface area contributed by atoms with Crippen LogP contribution in [0.4, 0.5) is 0 Å². The van der Waals surface area contributed by atoms with Crippen molar-refractivity contribution in [3.05, 3.63) is 40.3 Å². The maximum absolute atomic E-state index is 12.2. The summed E-state index contributed by atoms with van der Waals surface area (Å²) in [4.78, 5) is 18.3. The van der Waals surface area contributed by atoms with Crippen LogP contribution in [0.2, 0.25) is 10.0 Å². The number of oxazole rings is 1. The van der Waals surface area contributed by atoms with Gasteiger partial charge in [0.2, 0.25) is 5.91 Å². The summed E-state index contributed by atoms with van der Waals surface area (Å²) in [6.07, 6.45) is 4.19. The molecular formula is C17H21Cl4N3O2. The summed E-state index contributed by atoms with van der Waals surface area (Å²) >= 11 is 12.1. The van der Waals surface area contributed by atoms with E-state index in [2.05, 4.69) is 4.98 Å². The van der Waals surface area contributed by atoms with Crippen molar-refractivity contribution < 1.29 is 9.21 Å². The molecule has 1 aromatic heterocycles. The molecule has 2 N–H and O–H groups in total. The number of nitrogens with two attached hydrogens (primary N) is 1. The van der Waals surface area contributed by atoms with Crippen LogP contribution in [0.1, 0.15) is 25.2 Å². The Morgan fingerprint density at radius 2 is 1.96 bits per heavy atom. The lowest BCUT2D eigenvalue weighted by molar-refractivity contribution is -0.132. The molecule has 3 rings (SSSR count). The molecule has 1 aliphatic rings. The predicted octanol–water partition coefficient (Wildman–Crippen LogP) is 4.37. The zero-order chi connectivity index (χ0) is 17.1. The van der Waals surface area contributed by atoms with E-state index in [1.807, 2.05) is 4.90 Å². The molecule has 1 aliphatic heterocycles. The van der Waals surface area contributed by atoms with E-state index in [-0.39, 0.29) is 36.8 Å². The number of carbonyl (C=O) groups is 1. The summed E-state index contributed by atoms with van der Waals surface area (Å²) < 4.78 is 5.72. The smallest absolute Gasteiger partial charge is 0.223 e. The molecule has 9 heteroatoms. The molecule has 2 heterocycles. The van der Waals surface area contributed by atoms with Crippen molar-refractivity contribution in [3.63, 3.8) is 0 Å². The number of hydrogen-bond acceptors (Lipinski definition) is 4. The number of nitrogens with zero attached hydrogens (tertiary/aromatic N) is 2. The standard InChI is InChI=1S/C17H19Cl2N3O2.2ClH/c18-11-1-2-13(14(19)9-11)15-10-21-16(24-15)3-4-17(23)22-7-5-12(20)6-8-22;;/h1-2,9-10,12H,3-8,20H2;2*1H. The SMILES string of the molecule is Cl.Cl.NC1CCN(C(=O)CCc2ncc(-c3ccc(Cl)cc3Cl)o2)CC1. The van der Waals surface area contributed by atoms with Gasteiger partial charge in [-0.15, -0.1) is 24.8 Å². The maximum atomic E-state index is 12.2. The Kier molecular flexibility index (Phi) is 9.21. The molecule has 0 saturated carbocycles. The van der Waals surface area contributed by atoms with Crippen molar-refractivity contribution in [1.82, 2.24) is 9.88 Å². The Bertz CT molecular complexity index is 731. The molecule has 0 unspecified atom stereocenters. The van der Waals surface area contributed by atoms with Gasteiger partial charge < -0.3 is 15.1 Å². The van der Waals surface area contributed by atoms with Crippen LogP contribution in [0.3, 0.4) is 0 Å². The van der Waals surface area contributed by atoms with Crippen LogP contribution >= 0.6 is 48.0 Å². The van der Waals surface area contributed by atoms with E-state index >= 15 is 0 Å². The third-order valence-corrected chi connectivity index (χ3v) is 4.74. The van der Waals surface area contributed by atoms with Gasteiger partial charge in [0.25, 0.3) is 0 Å². The minimum absolute atomic E-state index is 0. The minimum Gasteiger partial charge on any atom is -0.441 e. The highest BCUT2D eigenvalue weighted by molar-refractivity contribution is 6.36. The fourth-order valence-corrected chi connectivity index (χ4v) is 3.26. The quantitative estimate of drug-likeness (QED) is 0.765. The fourth-order valence-electron chi connectivity index (χ4n) is 2.76. The van der Waals surface area contributed by atoms with Gasteiger partial charge >= 0.3 is 0 Å². The molecule has 5 nitrogen and oxygen atoms in total. The first kappa shape index (κ1) is 23.1. The highest BCUT2D eigenvalue weighted by Gasteiger charge is 2.21. The minimum atomic E-state index is 0. The van der Waals surface area contributed by atoms with Crippen LogP contribution in [0.5, 0.6) is 0 Å². The summed E-state index contributed by atoms with van der Waals surface area (Å²) in [7, 11) is 0. The largest absolute Gasteiger partial charge is 0.441 e. The van der Waals surface area contributed by atoms with Crippen LogP contribution in [-0.4, -0.2) is 34.9 Å². The van der Waals surface area contributed by atoms with Gasteiger partial charge in [-0.3, -0.25) is 4.79 Å². The molecular weight excluding hydrogens is 420 g/mol. The molecule has 0 atom stereocenters. The Morgan fingerprint density at radius 3 is 2.62 bits per heavy atom. The maximum Gasteiger partial charge on any atom is 0.223 e. The zero-order valence-electron chi connectivity index (χ0n) is 14.0. The summed E-state index contributed by atoms with van der Waals surface area (Å²) in [6.45, 7) is 1.47. The summed E-state index contributed by atoms with van der Waals surface area (Å²) in [5.41, 5.74) is 6.59. The Morgan fingerprint density at radius 1 is 1.27 bits per heavy atom. The molecule has 0 aliphatic carbocycles. The number of rotatable bonds is 4. The van der Waals surface area contributed by atoms with Crippen LogP contribution in [0.15, 0.2) is 28.8 Å². The normalized spacial score (nSPS) is 14.5. The van der Waals surface area contributed by atoms with Gasteiger partial charge in [-0.1, -0.05) is 23.2 Å². The van der Waals surface area contributed by atoms with Gasteiger partial charge in [-0.05, 0) is 31.0 Å². The third-order valence-electron chi connectivity index (χ3n) is 4.20. The summed E-state index contributed by atoms with van der Waals surface area (Å²) in [5.74, 6) is 1.22. The number of hydrogen-bond donors (Lipinski definition) is 1. The Hall–Kier alpha value is -0.980. The molecule has 2 aromatic rings. The van der Waals surface area contributed by atoms with Crippen LogP contribution in [-0.2, 0) is 11.2 Å². The first-order valence-corrected chi connectivity index (χ1v) is 8.72. The van der Waals surface area contributed by atoms with Crippen molar-refractivity contribution in [1.29, 1.82) is 0 Å². The molecule has 0 bridgehead atoms. The van der Waals surface area contributed by atoms with Crippen molar-refractivity contribution in [2.75, 3.05) is 13.1 Å². The number of halogens is 4. The molecule has 1 amide bonds. The van der Waals surface area contributed by atoms with Gasteiger partial charge in [-0.25, -0.2) is 4.98 Å². The number of piperidine rings is 1. The van der Waals surface area contributed by atoms with Crippen molar-refractivity contribution in [3.8, 4) is 11.3 Å². The second kappa shape index (κ2) is 10.4. The number of likely N-dealkylation sites (tertiary alicyclic amines) is 1. The Balaban J connectivity index is 0.00000169. The molecule has 1 aromatic carbocycles. The molecule has 0 radical (unpaired) electrons. The van der Waals surface area contributed by atoms with Gasteiger partial charge in [0.05, 0.1) is 11.2 Å². The van der Waals surface area contributed by atoms with E-state index in [0.29, 0.717) is 34.5 Å². The molecule has 0 spiro atoms. The van der Waals surface area contributed by atoms with Crippen molar-refractivity contribution in [2.24, 2.45) is 5.73 Å². The number of benzene rings is 1. The Labute approximate surface area is 175 Å². The monoisotopic (exact) mass is 439 g/mol. The lowest BCUT2D eigenvalue weighted by Gasteiger charge is -2.30. The highest BCUT2D eigenvalue weighted by atomic mass is 35.5. The fraction of sp³-hybridized carbons (Fsp3) is 0.412. The molecule has 144 valence electrons. The lowest BCUT2D eigenvalue weighted by atomic mass is 10.1. The zero-order valence-corrected chi connectivity index (χ0v) is 17.1. The third kappa shape index (κ3) is 5.76. The van der Waals surface area contributed by atoms with E-state index < -0.39 is 0 Å². The van der Waals surface area contributed by atoms with Gasteiger partial charge in [0.15, 0.2) is 11.7 Å². The van der Waals surface area contributed by atoms with Gasteiger partial charge in [0.1, 0.15) is 0 Å². The topological polar surface area (TPSA) is 72.4 Å². The average Bonchev–Trinajstić information content (AvgIpc) is 3.02. The van der Waals surface area contributed by atoms with E-state index in [0.717, 1.165) is 31.5 Å². The number of aromatic nitrogens is 1. The van der Waals surface area contributed by atoms with Crippen LogP contribution < -0.4 is 5.73 Å². The van der Waals surface area contributed by atoms with Crippen molar-refractivity contribution >= 4 is 53.9 Å². The van der Waals surface area contributed by atoms with Crippen molar-refractivity contribution in [2.45, 2.75) is 31.7 Å². The first-order valence-electron chi connectivity index (χ1n) is 7.96. The number of carbonyl (C=O) groups excluding carboxylic acids is 1. The summed E-state index contributed by atoms with van der Waals surface area (Å²) in [5, 5.41) is 1.07.